The first-order chi connectivity index (χ1) is 42.2. The van der Waals surface area contributed by atoms with Gasteiger partial charge in [-0.25, -0.2) is 4.98 Å². The molecule has 24 nitrogen and oxygen atoms in total. The largest absolute Gasteiger partial charge is 0.391 e. The van der Waals surface area contributed by atoms with E-state index in [2.05, 4.69) is 36.3 Å². The van der Waals surface area contributed by atoms with Crippen LogP contribution < -0.4 is 26.8 Å². The molecule has 3 aromatic heterocycles. The summed E-state index contributed by atoms with van der Waals surface area (Å²) in [6.07, 6.45) is 3.47. The molecule has 1 fully saturated rings. The third-order valence-electron chi connectivity index (χ3n) is 15.0. The molecule has 25 heteroatoms. The van der Waals surface area contributed by atoms with Crippen molar-refractivity contribution in [1.82, 2.24) is 50.8 Å². The molecular formula is C63H86N10O14S. The summed E-state index contributed by atoms with van der Waals surface area (Å²) in [5.41, 5.74) is 8.95. The molecule has 2 aliphatic rings. The van der Waals surface area contributed by atoms with E-state index in [1.165, 1.54) is 4.90 Å². The molecule has 2 aliphatic heterocycles. The van der Waals surface area contributed by atoms with E-state index in [4.69, 9.17) is 28.4 Å². The standard InChI is InChI=1S/C63H86N10O14S/c1-40(2)73-52-31-47(30-49(51(52)35-68-73)59(78)66-34-50-41(3)29-42(4)69-60(50)79)45-13-17-71(18-14-45)56(77)38-87-28-26-85-25-27-86-37-55(76)64-16-20-83-22-24-84-23-21-82-19-15-54(75)70-58(63(6,7)8)62(81)72-36-48(74)32-53(72)61(80)65-33-44-9-11-46(12-10-44)57-43(5)67-39-88-57/h9-13,29-31,35,39-40,48,53,58,74H,14-28,32-34,36-38H2,1-8H3,(H,64,76)(H,65,80)(H,66,78)(H,69,79)(H,70,75)/t48-,53+,58-/m1/s1. The molecule has 0 aliphatic carbocycles. The lowest BCUT2D eigenvalue weighted by molar-refractivity contribution is -0.144. The number of aliphatic hydroxyl groups is 1. The minimum Gasteiger partial charge on any atom is -0.391 e. The maximum absolute atomic E-state index is 14.0. The van der Waals surface area contributed by atoms with Crippen LogP contribution in [0.2, 0.25) is 0 Å². The van der Waals surface area contributed by atoms with Gasteiger partial charge in [0.1, 0.15) is 25.3 Å². The molecule has 0 radical (unpaired) electrons. The van der Waals surface area contributed by atoms with Gasteiger partial charge in [0, 0.05) is 74.8 Å². The van der Waals surface area contributed by atoms with Crippen molar-refractivity contribution in [2.75, 3.05) is 105 Å². The minimum absolute atomic E-state index is 0.00543. The second-order valence-electron chi connectivity index (χ2n) is 23.2. The highest BCUT2D eigenvalue weighted by molar-refractivity contribution is 7.13. The van der Waals surface area contributed by atoms with Gasteiger partial charge in [-0.1, -0.05) is 51.1 Å². The number of carbonyl (C=O) groups is 6. The number of rotatable bonds is 33. The number of thiazole rings is 1. The van der Waals surface area contributed by atoms with Crippen molar-refractivity contribution in [1.29, 1.82) is 0 Å². The van der Waals surface area contributed by atoms with E-state index in [0.29, 0.717) is 49.2 Å². The van der Waals surface area contributed by atoms with E-state index in [0.717, 1.165) is 49.6 Å². The van der Waals surface area contributed by atoms with Crippen LogP contribution in [-0.4, -0.2) is 194 Å². The van der Waals surface area contributed by atoms with Crippen molar-refractivity contribution in [2.24, 2.45) is 5.41 Å². The van der Waals surface area contributed by atoms with E-state index in [-0.39, 0.29) is 140 Å². The van der Waals surface area contributed by atoms with Crippen LogP contribution >= 0.6 is 11.3 Å². The number of aliphatic hydroxyl groups excluding tert-OH is 1. The summed E-state index contributed by atoms with van der Waals surface area (Å²) < 4.78 is 35.1. The number of nitrogens with one attached hydrogen (secondary N) is 5. The van der Waals surface area contributed by atoms with Gasteiger partial charge in [-0.3, -0.25) is 38.2 Å². The molecule has 0 spiro atoms. The number of β-amino-alcohol motifs (C(OH)–C–C–N with tert-alkyl or cyclic N) is 1. The smallest absolute Gasteiger partial charge is 0.253 e. The molecule has 6 amide bonds. The van der Waals surface area contributed by atoms with Gasteiger partial charge in [-0.15, -0.1) is 11.3 Å². The number of aromatic nitrogens is 4. The third-order valence-corrected chi connectivity index (χ3v) is 16.0. The van der Waals surface area contributed by atoms with E-state index in [1.54, 1.807) is 27.9 Å². The lowest BCUT2D eigenvalue weighted by Gasteiger charge is -2.35. The molecule has 88 heavy (non-hydrogen) atoms. The van der Waals surface area contributed by atoms with Crippen molar-refractivity contribution < 1.29 is 62.3 Å². The number of H-pyrrole nitrogens is 1. The van der Waals surface area contributed by atoms with Gasteiger partial charge in [-0.2, -0.15) is 5.10 Å². The Bertz CT molecular complexity index is 3260. The first kappa shape index (κ1) is 68.3. The number of aryl methyl sites for hydroxylation is 3. The summed E-state index contributed by atoms with van der Waals surface area (Å²) in [7, 11) is 0. The van der Waals surface area contributed by atoms with Gasteiger partial charge in [0.15, 0.2) is 0 Å². The van der Waals surface area contributed by atoms with E-state index < -0.39 is 35.4 Å². The Morgan fingerprint density at radius 1 is 0.795 bits per heavy atom. The average Bonchev–Trinajstić information content (AvgIpc) is 1.95. The summed E-state index contributed by atoms with van der Waals surface area (Å²) in [5.74, 6) is -1.99. The van der Waals surface area contributed by atoms with E-state index in [1.807, 2.05) is 109 Å². The highest BCUT2D eigenvalue weighted by Crippen LogP contribution is 2.32. The van der Waals surface area contributed by atoms with Crippen molar-refractivity contribution in [3.63, 3.8) is 0 Å². The molecular weight excluding hydrogens is 1150 g/mol. The summed E-state index contributed by atoms with van der Waals surface area (Å²) in [6, 6.07) is 11.8. The Balaban J connectivity index is 0.674. The number of hydrogen-bond acceptors (Lipinski definition) is 17. The number of pyridine rings is 1. The molecule has 5 aromatic rings. The SMILES string of the molecule is Cc1cc(C)c(CNC(=O)c2cc(C3=CCN(C(=O)COCCOCCOCC(=O)NCCOCCOCCOCCC(=O)N[C@H](C(=O)N4C[C@H](O)C[C@H]4C(=O)NCc4ccc(-c5scnc5C)cc4)C(C)(C)C)CC3)cc3c2cnn3C(C)C)c(=O)[nH]1. The molecule has 5 heterocycles. The lowest BCUT2D eigenvalue weighted by Crippen LogP contribution is -2.57. The fourth-order valence-electron chi connectivity index (χ4n) is 10.2. The third kappa shape index (κ3) is 19.9. The monoisotopic (exact) mass is 1240 g/mol. The number of ether oxygens (including phenoxy) is 6. The quantitative estimate of drug-likeness (QED) is 0.0319. The average molecular weight is 1240 g/mol. The molecule has 7 rings (SSSR count). The van der Waals surface area contributed by atoms with Crippen LogP contribution in [0.4, 0.5) is 0 Å². The molecule has 0 bridgehead atoms. The second kappa shape index (κ2) is 33.4. The zero-order valence-electron chi connectivity index (χ0n) is 51.8. The molecule has 6 N–H and O–H groups in total. The molecule has 0 unspecified atom stereocenters. The molecule has 0 saturated carbocycles. The highest BCUT2D eigenvalue weighted by atomic mass is 32.1. The fraction of sp³-hybridized carbons (Fsp3) is 0.540. The summed E-state index contributed by atoms with van der Waals surface area (Å²) in [4.78, 5) is 103. The molecule has 478 valence electrons. The molecule has 2 aromatic carbocycles. The minimum atomic E-state index is -0.955. The summed E-state index contributed by atoms with van der Waals surface area (Å²) >= 11 is 1.56. The molecule has 3 atom stereocenters. The first-order valence-electron chi connectivity index (χ1n) is 29.9. The van der Waals surface area contributed by atoms with Crippen molar-refractivity contribution >= 4 is 63.3 Å². The number of amides is 6. The van der Waals surface area contributed by atoms with Crippen LogP contribution in [0.5, 0.6) is 0 Å². The van der Waals surface area contributed by atoms with Crippen LogP contribution in [0.15, 0.2) is 65.0 Å². The summed E-state index contributed by atoms with van der Waals surface area (Å²) in [5, 5.41) is 27.3. The molecule has 1 saturated heterocycles. The van der Waals surface area contributed by atoms with Crippen LogP contribution in [0.1, 0.15) is 104 Å². The first-order valence-corrected chi connectivity index (χ1v) is 30.8. The van der Waals surface area contributed by atoms with Crippen LogP contribution in [0.3, 0.4) is 0 Å². The Morgan fingerprint density at radius 3 is 2.10 bits per heavy atom. The second-order valence-corrected chi connectivity index (χ2v) is 24.0. The van der Waals surface area contributed by atoms with Gasteiger partial charge < -0.3 is 69.6 Å². The number of likely N-dealkylation sites (tertiary alicyclic amines) is 1. The number of benzene rings is 2. The van der Waals surface area contributed by atoms with E-state index in [9.17, 15) is 38.7 Å². The Morgan fingerprint density at radius 2 is 1.47 bits per heavy atom. The van der Waals surface area contributed by atoms with Crippen molar-refractivity contribution in [2.45, 2.75) is 112 Å². The number of carbonyl (C=O) groups excluding carboxylic acids is 6. The zero-order valence-corrected chi connectivity index (χ0v) is 52.6. The summed E-state index contributed by atoms with van der Waals surface area (Å²) in [6.45, 7) is 18.6. The van der Waals surface area contributed by atoms with Crippen molar-refractivity contribution in [3.8, 4) is 10.4 Å². The number of hydrogen-bond donors (Lipinski definition) is 6. The maximum Gasteiger partial charge on any atom is 0.253 e. The van der Waals surface area contributed by atoms with Crippen LogP contribution in [0, 0.1) is 26.2 Å². The Labute approximate surface area is 517 Å². The van der Waals surface area contributed by atoms with Crippen molar-refractivity contribution in [3.05, 3.63) is 110 Å². The van der Waals surface area contributed by atoms with Gasteiger partial charge >= 0.3 is 0 Å². The number of fused-ring (bicyclic) bond motifs is 1. The lowest BCUT2D eigenvalue weighted by atomic mass is 9.85. The number of aromatic amines is 1. The van der Waals surface area contributed by atoms with Crippen LogP contribution in [0.25, 0.3) is 26.9 Å². The highest BCUT2D eigenvalue weighted by Gasteiger charge is 2.44. The van der Waals surface area contributed by atoms with Gasteiger partial charge in [-0.05, 0) is 92.5 Å². The van der Waals surface area contributed by atoms with E-state index >= 15 is 0 Å². The topological polar surface area (TPSA) is 296 Å². The maximum atomic E-state index is 14.0. The Hall–Kier alpha value is -7.23. The Kier molecular flexibility index (Phi) is 25.9. The van der Waals surface area contributed by atoms with Crippen LogP contribution in [-0.2, 0) is 65.5 Å². The fourth-order valence-corrected chi connectivity index (χ4v) is 11.1. The van der Waals surface area contributed by atoms with Gasteiger partial charge in [0.25, 0.3) is 11.5 Å². The normalized spacial score (nSPS) is 15.6. The number of nitrogens with zero attached hydrogens (tertiary/aromatic N) is 5. The van der Waals surface area contributed by atoms with Gasteiger partial charge in [0.05, 0.1) is 106 Å². The van der Waals surface area contributed by atoms with Gasteiger partial charge in [0.2, 0.25) is 29.5 Å². The predicted molar refractivity (Wildman–Crippen MR) is 331 cm³/mol. The predicted octanol–water partition coefficient (Wildman–Crippen LogP) is 4.31. The zero-order chi connectivity index (χ0) is 63.3.